The van der Waals surface area contributed by atoms with Crippen LogP contribution in [0.4, 0.5) is 4.39 Å². The summed E-state index contributed by atoms with van der Waals surface area (Å²) in [6.07, 6.45) is 0.803. The minimum absolute atomic E-state index is 0.307. The molecule has 3 heteroatoms. The van der Waals surface area contributed by atoms with Gasteiger partial charge in [-0.1, -0.05) is 36.4 Å². The first-order valence-corrected chi connectivity index (χ1v) is 6.38. The van der Waals surface area contributed by atoms with Crippen LogP contribution in [0.15, 0.2) is 48.5 Å². The van der Waals surface area contributed by atoms with Crippen molar-refractivity contribution in [3.8, 4) is 5.75 Å². The highest BCUT2D eigenvalue weighted by atomic mass is 19.1. The number of rotatable bonds is 5. The number of ether oxygens (including phenoxy) is 1. The standard InChI is InChI=1S/C16H18FNO/c1-12(18)15-8-7-14(11-16(15)17)19-10-9-13-5-3-2-4-6-13/h2-8,11-12H,9-10,18H2,1H3. The van der Waals surface area contributed by atoms with E-state index < -0.39 is 0 Å². The Kier molecular flexibility index (Phi) is 4.53. The van der Waals surface area contributed by atoms with Crippen molar-refractivity contribution in [2.24, 2.45) is 5.73 Å². The van der Waals surface area contributed by atoms with Crippen LogP contribution >= 0.6 is 0 Å². The van der Waals surface area contributed by atoms with Crippen LogP contribution in [0.2, 0.25) is 0 Å². The Morgan fingerprint density at radius 3 is 2.53 bits per heavy atom. The largest absolute Gasteiger partial charge is 0.493 e. The Labute approximate surface area is 113 Å². The minimum atomic E-state index is -0.313. The molecule has 0 heterocycles. The second-order valence-electron chi connectivity index (χ2n) is 4.56. The summed E-state index contributed by atoms with van der Waals surface area (Å²) in [5, 5.41) is 0. The van der Waals surface area contributed by atoms with E-state index >= 15 is 0 Å². The van der Waals surface area contributed by atoms with Crippen molar-refractivity contribution in [3.05, 3.63) is 65.5 Å². The maximum atomic E-state index is 13.7. The van der Waals surface area contributed by atoms with E-state index in [-0.39, 0.29) is 11.9 Å². The van der Waals surface area contributed by atoms with Crippen LogP contribution < -0.4 is 10.5 Å². The van der Waals surface area contributed by atoms with Crippen molar-refractivity contribution in [1.29, 1.82) is 0 Å². The summed E-state index contributed by atoms with van der Waals surface area (Å²) in [6, 6.07) is 14.6. The fourth-order valence-corrected chi connectivity index (χ4v) is 1.90. The molecule has 2 aromatic rings. The molecule has 1 unspecified atom stereocenters. The molecule has 0 amide bonds. The normalized spacial score (nSPS) is 12.2. The molecule has 100 valence electrons. The summed E-state index contributed by atoms with van der Waals surface area (Å²) < 4.78 is 19.2. The Bertz CT molecular complexity index is 526. The van der Waals surface area contributed by atoms with Crippen molar-refractivity contribution < 1.29 is 9.13 Å². The lowest BCUT2D eigenvalue weighted by atomic mass is 10.1. The van der Waals surface area contributed by atoms with Gasteiger partial charge in [0.2, 0.25) is 0 Å². The van der Waals surface area contributed by atoms with Crippen LogP contribution in [0.5, 0.6) is 5.75 Å². The molecule has 2 nitrogen and oxygen atoms in total. The van der Waals surface area contributed by atoms with E-state index in [2.05, 4.69) is 0 Å². The third kappa shape index (κ3) is 3.80. The Morgan fingerprint density at radius 2 is 1.89 bits per heavy atom. The molecule has 0 radical (unpaired) electrons. The van der Waals surface area contributed by atoms with E-state index in [4.69, 9.17) is 10.5 Å². The number of nitrogens with two attached hydrogens (primary N) is 1. The van der Waals surface area contributed by atoms with Gasteiger partial charge >= 0.3 is 0 Å². The summed E-state index contributed by atoms with van der Waals surface area (Å²) in [6.45, 7) is 2.29. The van der Waals surface area contributed by atoms with Gasteiger partial charge in [0.15, 0.2) is 0 Å². The molecular formula is C16H18FNO. The van der Waals surface area contributed by atoms with Gasteiger partial charge in [0, 0.05) is 24.1 Å². The molecule has 0 fully saturated rings. The molecule has 2 rings (SSSR count). The first-order valence-electron chi connectivity index (χ1n) is 6.38. The fourth-order valence-electron chi connectivity index (χ4n) is 1.90. The van der Waals surface area contributed by atoms with Crippen molar-refractivity contribution >= 4 is 0 Å². The lowest BCUT2D eigenvalue weighted by Gasteiger charge is -2.10. The predicted octanol–water partition coefficient (Wildman–Crippen LogP) is 3.47. The Morgan fingerprint density at radius 1 is 1.16 bits per heavy atom. The lowest BCUT2D eigenvalue weighted by molar-refractivity contribution is 0.320. The molecule has 0 saturated heterocycles. The van der Waals surface area contributed by atoms with Gasteiger partial charge in [-0.25, -0.2) is 4.39 Å². The van der Waals surface area contributed by atoms with Gasteiger partial charge < -0.3 is 10.5 Å². The van der Waals surface area contributed by atoms with Crippen LogP contribution in [0.1, 0.15) is 24.1 Å². The molecule has 0 spiro atoms. The van der Waals surface area contributed by atoms with Crippen molar-refractivity contribution in [2.75, 3.05) is 6.61 Å². The fraction of sp³-hybridized carbons (Fsp3) is 0.250. The first kappa shape index (κ1) is 13.6. The Balaban J connectivity index is 1.92. The van der Waals surface area contributed by atoms with E-state index in [1.54, 1.807) is 19.1 Å². The summed E-state index contributed by atoms with van der Waals surface area (Å²) in [7, 11) is 0. The van der Waals surface area contributed by atoms with Crippen molar-refractivity contribution in [2.45, 2.75) is 19.4 Å². The summed E-state index contributed by atoms with van der Waals surface area (Å²) in [4.78, 5) is 0. The molecule has 19 heavy (non-hydrogen) atoms. The topological polar surface area (TPSA) is 35.2 Å². The molecule has 0 aliphatic carbocycles. The first-order chi connectivity index (χ1) is 9.16. The lowest BCUT2D eigenvalue weighted by Crippen LogP contribution is -2.08. The van der Waals surface area contributed by atoms with Crippen molar-refractivity contribution in [3.63, 3.8) is 0 Å². The highest BCUT2D eigenvalue weighted by Crippen LogP contribution is 2.20. The molecule has 0 aliphatic heterocycles. The quantitative estimate of drug-likeness (QED) is 0.892. The van der Waals surface area contributed by atoms with Gasteiger partial charge in [0.05, 0.1) is 6.61 Å². The van der Waals surface area contributed by atoms with Crippen LogP contribution in [0, 0.1) is 5.82 Å². The maximum Gasteiger partial charge on any atom is 0.131 e. The SMILES string of the molecule is CC(N)c1ccc(OCCc2ccccc2)cc1F. The molecule has 2 aromatic carbocycles. The Hall–Kier alpha value is -1.87. The second kappa shape index (κ2) is 6.34. The summed E-state index contributed by atoms with van der Waals surface area (Å²) in [5.74, 6) is 0.227. The molecule has 1 atom stereocenters. The van der Waals surface area contributed by atoms with Gasteiger partial charge in [-0.15, -0.1) is 0 Å². The number of benzene rings is 2. The number of halogens is 1. The van der Waals surface area contributed by atoms with Crippen LogP contribution in [0.25, 0.3) is 0 Å². The highest BCUT2D eigenvalue weighted by Gasteiger charge is 2.07. The molecule has 0 aliphatic rings. The van der Waals surface area contributed by atoms with Gasteiger partial charge in [-0.2, -0.15) is 0 Å². The molecule has 0 bridgehead atoms. The van der Waals surface area contributed by atoms with Crippen molar-refractivity contribution in [1.82, 2.24) is 0 Å². The third-order valence-corrected chi connectivity index (χ3v) is 2.96. The summed E-state index contributed by atoms with van der Waals surface area (Å²) >= 11 is 0. The van der Waals surface area contributed by atoms with E-state index in [0.29, 0.717) is 17.9 Å². The number of hydrogen-bond donors (Lipinski definition) is 1. The van der Waals surface area contributed by atoms with E-state index in [1.165, 1.54) is 11.6 Å². The van der Waals surface area contributed by atoms with E-state index in [9.17, 15) is 4.39 Å². The van der Waals surface area contributed by atoms with Gasteiger partial charge in [0.1, 0.15) is 11.6 Å². The van der Waals surface area contributed by atoms with Crippen LogP contribution in [-0.4, -0.2) is 6.61 Å². The maximum absolute atomic E-state index is 13.7. The third-order valence-electron chi connectivity index (χ3n) is 2.96. The highest BCUT2D eigenvalue weighted by molar-refractivity contribution is 5.30. The zero-order chi connectivity index (χ0) is 13.7. The smallest absolute Gasteiger partial charge is 0.131 e. The zero-order valence-electron chi connectivity index (χ0n) is 11.0. The van der Waals surface area contributed by atoms with E-state index in [0.717, 1.165) is 6.42 Å². The average molecular weight is 259 g/mol. The second-order valence-corrected chi connectivity index (χ2v) is 4.56. The predicted molar refractivity (Wildman–Crippen MR) is 74.6 cm³/mol. The molecule has 0 aromatic heterocycles. The monoisotopic (exact) mass is 259 g/mol. The average Bonchev–Trinajstić information content (AvgIpc) is 2.39. The number of hydrogen-bond acceptors (Lipinski definition) is 2. The minimum Gasteiger partial charge on any atom is -0.493 e. The van der Waals surface area contributed by atoms with Gasteiger partial charge in [0.25, 0.3) is 0 Å². The van der Waals surface area contributed by atoms with Gasteiger partial charge in [-0.3, -0.25) is 0 Å². The van der Waals surface area contributed by atoms with Gasteiger partial charge in [-0.05, 0) is 18.6 Å². The molecular weight excluding hydrogens is 241 g/mol. The van der Waals surface area contributed by atoms with E-state index in [1.807, 2.05) is 30.3 Å². The molecule has 2 N–H and O–H groups in total. The summed E-state index contributed by atoms with van der Waals surface area (Å²) in [5.41, 5.74) is 7.37. The van der Waals surface area contributed by atoms with Crippen LogP contribution in [0.3, 0.4) is 0 Å². The van der Waals surface area contributed by atoms with Crippen LogP contribution in [-0.2, 0) is 6.42 Å². The molecule has 0 saturated carbocycles. The zero-order valence-corrected chi connectivity index (χ0v) is 11.0.